The number of nitrogens with one attached hydrogen (secondary N) is 1. The van der Waals surface area contributed by atoms with Gasteiger partial charge in [0.15, 0.2) is 11.6 Å². The Hall–Kier alpha value is -1.75. The van der Waals surface area contributed by atoms with Crippen molar-refractivity contribution in [1.82, 2.24) is 14.9 Å². The Balaban J connectivity index is 2.28. The van der Waals surface area contributed by atoms with Crippen LogP contribution in [0.25, 0.3) is 11.0 Å². The van der Waals surface area contributed by atoms with Gasteiger partial charge in [0.1, 0.15) is 0 Å². The molecule has 1 aromatic carbocycles. The van der Waals surface area contributed by atoms with Crippen LogP contribution in [0.1, 0.15) is 13.0 Å². The van der Waals surface area contributed by atoms with Crippen molar-refractivity contribution in [2.45, 2.75) is 13.0 Å². The van der Waals surface area contributed by atoms with Crippen LogP contribution in [-0.2, 0) is 0 Å². The van der Waals surface area contributed by atoms with Crippen molar-refractivity contribution in [1.29, 1.82) is 0 Å². The quantitative estimate of drug-likeness (QED) is 0.654. The van der Waals surface area contributed by atoms with Crippen LogP contribution in [0.4, 0.5) is 8.78 Å². The lowest BCUT2D eigenvalue weighted by atomic mass is 10.2. The highest BCUT2D eigenvalue weighted by Crippen LogP contribution is 2.20. The van der Waals surface area contributed by atoms with Gasteiger partial charge in [-0.05, 0) is 6.92 Å². The molecule has 5 heteroatoms. The fourth-order valence-corrected chi connectivity index (χ4v) is 1.87. The minimum atomic E-state index is -0.870. The van der Waals surface area contributed by atoms with Crippen LogP contribution >= 0.6 is 0 Å². The molecule has 3 nitrogen and oxygen atoms in total. The van der Waals surface area contributed by atoms with E-state index in [4.69, 9.17) is 0 Å². The maximum atomic E-state index is 13.2. The van der Waals surface area contributed by atoms with Crippen molar-refractivity contribution in [3.8, 4) is 0 Å². The Kier molecular flexibility index (Phi) is 3.72. The van der Waals surface area contributed by atoms with Gasteiger partial charge < -0.3 is 9.88 Å². The second kappa shape index (κ2) is 5.27. The van der Waals surface area contributed by atoms with E-state index in [0.717, 1.165) is 6.07 Å². The molecule has 0 saturated heterocycles. The minimum Gasteiger partial charge on any atom is -0.326 e. The van der Waals surface area contributed by atoms with Crippen molar-refractivity contribution >= 4 is 11.0 Å². The smallest absolute Gasteiger partial charge is 0.161 e. The third kappa shape index (κ3) is 2.41. The number of rotatable bonds is 5. The molecule has 2 aromatic rings. The molecular weight excluding hydrogens is 236 g/mol. The largest absolute Gasteiger partial charge is 0.326 e. The first kappa shape index (κ1) is 12.7. The summed E-state index contributed by atoms with van der Waals surface area (Å²) in [4.78, 5) is 4.08. The van der Waals surface area contributed by atoms with Crippen molar-refractivity contribution < 1.29 is 8.78 Å². The predicted octanol–water partition coefficient (Wildman–Crippen LogP) is 2.65. The summed E-state index contributed by atoms with van der Waals surface area (Å²) in [5.41, 5.74) is 1.06. The van der Waals surface area contributed by atoms with Gasteiger partial charge in [0.25, 0.3) is 0 Å². The summed E-state index contributed by atoms with van der Waals surface area (Å²) >= 11 is 0. The summed E-state index contributed by atoms with van der Waals surface area (Å²) < 4.78 is 28.1. The number of fused-ring (bicyclic) bond motifs is 1. The van der Waals surface area contributed by atoms with Crippen LogP contribution in [0.3, 0.4) is 0 Å². The molecule has 1 heterocycles. The molecule has 1 unspecified atom stereocenters. The number of halogens is 2. The van der Waals surface area contributed by atoms with E-state index < -0.39 is 11.6 Å². The molecule has 1 N–H and O–H groups in total. The molecule has 0 amide bonds. The van der Waals surface area contributed by atoms with E-state index in [1.165, 1.54) is 6.07 Å². The third-order valence-corrected chi connectivity index (χ3v) is 2.82. The Morgan fingerprint density at radius 3 is 2.89 bits per heavy atom. The molecule has 0 bridgehead atoms. The Morgan fingerprint density at radius 1 is 1.44 bits per heavy atom. The number of aromatic nitrogens is 2. The molecule has 0 aliphatic carbocycles. The summed E-state index contributed by atoms with van der Waals surface area (Å²) in [5.74, 6) is -1.72. The van der Waals surface area contributed by atoms with Crippen LogP contribution < -0.4 is 5.32 Å². The average molecular weight is 251 g/mol. The lowest BCUT2D eigenvalue weighted by Gasteiger charge is -2.14. The summed E-state index contributed by atoms with van der Waals surface area (Å²) in [6, 6.07) is 2.40. The fourth-order valence-electron chi connectivity index (χ4n) is 1.87. The molecule has 0 fully saturated rings. The molecule has 18 heavy (non-hydrogen) atoms. The Labute approximate surface area is 104 Å². The standard InChI is InChI=1S/C13H15F2N3/c1-3-4-16-7-9(2)18-8-17-12-5-10(14)11(15)6-13(12)18/h3,5-6,8-9,16H,1,4,7H2,2H3. The highest BCUT2D eigenvalue weighted by Gasteiger charge is 2.12. The van der Waals surface area contributed by atoms with Crippen LogP contribution in [0, 0.1) is 11.6 Å². The van der Waals surface area contributed by atoms with E-state index in [0.29, 0.717) is 24.1 Å². The monoisotopic (exact) mass is 251 g/mol. The van der Waals surface area contributed by atoms with E-state index in [9.17, 15) is 8.78 Å². The van der Waals surface area contributed by atoms with Gasteiger partial charge in [-0.2, -0.15) is 0 Å². The molecule has 0 saturated carbocycles. The summed E-state index contributed by atoms with van der Waals surface area (Å²) in [6.07, 6.45) is 3.37. The zero-order valence-corrected chi connectivity index (χ0v) is 10.2. The molecule has 0 radical (unpaired) electrons. The second-order valence-corrected chi connectivity index (χ2v) is 4.20. The molecule has 1 atom stereocenters. The van der Waals surface area contributed by atoms with Gasteiger partial charge in [0.05, 0.1) is 17.4 Å². The summed E-state index contributed by atoms with van der Waals surface area (Å²) in [6.45, 7) is 7.02. The first-order valence-electron chi connectivity index (χ1n) is 5.76. The zero-order valence-electron chi connectivity index (χ0n) is 10.2. The lowest BCUT2D eigenvalue weighted by molar-refractivity contribution is 0.504. The van der Waals surface area contributed by atoms with E-state index in [2.05, 4.69) is 16.9 Å². The number of hydrogen-bond donors (Lipinski definition) is 1. The van der Waals surface area contributed by atoms with Crippen LogP contribution in [0.15, 0.2) is 31.1 Å². The van der Waals surface area contributed by atoms with Gasteiger partial charge in [-0.25, -0.2) is 13.8 Å². The fraction of sp³-hybridized carbons (Fsp3) is 0.308. The van der Waals surface area contributed by atoms with Crippen LogP contribution in [0.2, 0.25) is 0 Å². The highest BCUT2D eigenvalue weighted by molar-refractivity contribution is 5.75. The van der Waals surface area contributed by atoms with Gasteiger partial charge in [-0.1, -0.05) is 6.08 Å². The minimum absolute atomic E-state index is 0.0970. The van der Waals surface area contributed by atoms with Crippen molar-refractivity contribution in [2.75, 3.05) is 13.1 Å². The number of benzene rings is 1. The first-order chi connectivity index (χ1) is 8.63. The van der Waals surface area contributed by atoms with Crippen molar-refractivity contribution in [3.63, 3.8) is 0 Å². The lowest BCUT2D eigenvalue weighted by Crippen LogP contribution is -2.23. The molecule has 0 spiro atoms. The number of imidazole rings is 1. The first-order valence-corrected chi connectivity index (χ1v) is 5.76. The Bertz CT molecular complexity index is 563. The van der Waals surface area contributed by atoms with E-state index in [1.54, 1.807) is 12.4 Å². The zero-order chi connectivity index (χ0) is 13.1. The van der Waals surface area contributed by atoms with Crippen LogP contribution in [-0.4, -0.2) is 22.6 Å². The topological polar surface area (TPSA) is 29.9 Å². The number of nitrogens with zero attached hydrogens (tertiary/aromatic N) is 2. The third-order valence-electron chi connectivity index (χ3n) is 2.82. The highest BCUT2D eigenvalue weighted by atomic mass is 19.2. The molecule has 1 aromatic heterocycles. The summed E-state index contributed by atoms with van der Waals surface area (Å²) in [7, 11) is 0. The maximum absolute atomic E-state index is 13.2. The molecular formula is C13H15F2N3. The normalized spacial score (nSPS) is 12.8. The van der Waals surface area contributed by atoms with E-state index >= 15 is 0 Å². The van der Waals surface area contributed by atoms with Crippen molar-refractivity contribution in [2.24, 2.45) is 0 Å². The van der Waals surface area contributed by atoms with Gasteiger partial charge in [0, 0.05) is 31.3 Å². The van der Waals surface area contributed by atoms with Crippen LogP contribution in [0.5, 0.6) is 0 Å². The van der Waals surface area contributed by atoms with Crippen molar-refractivity contribution in [3.05, 3.63) is 42.7 Å². The van der Waals surface area contributed by atoms with Gasteiger partial charge in [0.2, 0.25) is 0 Å². The van der Waals surface area contributed by atoms with Gasteiger partial charge in [-0.15, -0.1) is 6.58 Å². The van der Waals surface area contributed by atoms with Gasteiger partial charge >= 0.3 is 0 Å². The predicted molar refractivity (Wildman–Crippen MR) is 67.4 cm³/mol. The Morgan fingerprint density at radius 2 is 2.17 bits per heavy atom. The second-order valence-electron chi connectivity index (χ2n) is 4.20. The van der Waals surface area contributed by atoms with E-state index in [-0.39, 0.29) is 6.04 Å². The maximum Gasteiger partial charge on any atom is 0.161 e. The summed E-state index contributed by atoms with van der Waals surface area (Å²) in [5, 5.41) is 3.18. The molecule has 0 aliphatic heterocycles. The van der Waals surface area contributed by atoms with Gasteiger partial charge in [-0.3, -0.25) is 0 Å². The average Bonchev–Trinajstić information content (AvgIpc) is 2.73. The SMILES string of the molecule is C=CCNCC(C)n1cnc2cc(F)c(F)cc21. The van der Waals surface area contributed by atoms with E-state index in [1.807, 2.05) is 11.5 Å². The molecule has 96 valence electrons. The molecule has 0 aliphatic rings. The molecule has 2 rings (SSSR count). The number of hydrogen-bond acceptors (Lipinski definition) is 2.